The Bertz CT molecular complexity index is 575. The number of hydrogen-bond donors (Lipinski definition) is 1. The molecule has 0 aliphatic heterocycles. The van der Waals surface area contributed by atoms with Gasteiger partial charge >= 0.3 is 0 Å². The molecule has 1 nitrogen and oxygen atoms in total. The van der Waals surface area contributed by atoms with Gasteiger partial charge in [0.15, 0.2) is 0 Å². The van der Waals surface area contributed by atoms with Gasteiger partial charge in [0, 0.05) is 25.8 Å². The number of nitrogens with one attached hydrogen (secondary N) is 1. The summed E-state index contributed by atoms with van der Waals surface area (Å²) in [4.78, 5) is 0. The van der Waals surface area contributed by atoms with E-state index in [-0.39, 0.29) is 10.8 Å². The van der Waals surface area contributed by atoms with Gasteiger partial charge in [-0.15, -0.1) is 0 Å². The molecule has 0 unspecified atom stereocenters. The van der Waals surface area contributed by atoms with Crippen LogP contribution in [0.15, 0.2) is 40.9 Å². The molecular weight excluding hydrogens is 431 g/mol. The van der Waals surface area contributed by atoms with Gasteiger partial charge in [0.05, 0.1) is 5.02 Å². The Kier molecular flexibility index (Phi) is 4.86. The van der Waals surface area contributed by atoms with Crippen molar-refractivity contribution in [1.82, 2.24) is 0 Å². The van der Waals surface area contributed by atoms with Crippen molar-refractivity contribution >= 4 is 55.8 Å². The maximum Gasteiger partial charge on any atom is 0.146 e. The summed E-state index contributed by atoms with van der Waals surface area (Å²) in [5.74, 6) is -0.367. The Morgan fingerprint density at radius 1 is 1.28 bits per heavy atom. The molecular formula is C13H9BrClFIN. The average molecular weight is 440 g/mol. The molecule has 2 aromatic rings. The van der Waals surface area contributed by atoms with Crippen molar-refractivity contribution in [1.29, 1.82) is 0 Å². The molecule has 18 heavy (non-hydrogen) atoms. The molecule has 2 rings (SSSR count). The van der Waals surface area contributed by atoms with E-state index < -0.39 is 0 Å². The minimum Gasteiger partial charge on any atom is -0.380 e. The molecule has 0 atom stereocenters. The first-order valence-electron chi connectivity index (χ1n) is 5.20. The summed E-state index contributed by atoms with van der Waals surface area (Å²) in [5.41, 5.74) is 1.48. The fourth-order valence-electron chi connectivity index (χ4n) is 1.51. The van der Waals surface area contributed by atoms with Crippen LogP contribution in [-0.2, 0) is 6.54 Å². The maximum atomic E-state index is 13.7. The molecule has 0 radical (unpaired) electrons. The van der Waals surface area contributed by atoms with Gasteiger partial charge in [-0.25, -0.2) is 4.39 Å². The van der Waals surface area contributed by atoms with E-state index in [2.05, 4.69) is 43.8 Å². The zero-order chi connectivity index (χ0) is 13.1. The zero-order valence-corrected chi connectivity index (χ0v) is 13.7. The summed E-state index contributed by atoms with van der Waals surface area (Å²) in [6.07, 6.45) is 0. The topological polar surface area (TPSA) is 12.0 Å². The van der Waals surface area contributed by atoms with Crippen LogP contribution in [0.2, 0.25) is 5.02 Å². The number of halogens is 4. The molecule has 0 heterocycles. The fourth-order valence-corrected chi connectivity index (χ4v) is 2.58. The van der Waals surface area contributed by atoms with E-state index in [4.69, 9.17) is 11.6 Å². The molecule has 1 N–H and O–H groups in total. The van der Waals surface area contributed by atoms with Gasteiger partial charge in [-0.1, -0.05) is 23.7 Å². The largest absolute Gasteiger partial charge is 0.380 e. The first-order chi connectivity index (χ1) is 8.58. The molecule has 94 valence electrons. The molecule has 0 saturated heterocycles. The van der Waals surface area contributed by atoms with Gasteiger partial charge < -0.3 is 5.32 Å². The highest BCUT2D eigenvalue weighted by Crippen LogP contribution is 2.26. The summed E-state index contributed by atoms with van der Waals surface area (Å²) >= 11 is 11.4. The highest BCUT2D eigenvalue weighted by atomic mass is 127. The van der Waals surface area contributed by atoms with Crippen molar-refractivity contribution in [2.45, 2.75) is 6.54 Å². The molecule has 0 fully saturated rings. The van der Waals surface area contributed by atoms with Crippen molar-refractivity contribution in [3.63, 3.8) is 0 Å². The van der Waals surface area contributed by atoms with Crippen LogP contribution in [0.25, 0.3) is 0 Å². The van der Waals surface area contributed by atoms with Crippen molar-refractivity contribution in [3.8, 4) is 0 Å². The van der Waals surface area contributed by atoms with Gasteiger partial charge in [-0.05, 0) is 62.8 Å². The lowest BCUT2D eigenvalue weighted by atomic mass is 10.2. The number of hydrogen-bond acceptors (Lipinski definition) is 1. The van der Waals surface area contributed by atoms with E-state index in [0.29, 0.717) is 12.1 Å². The standard InChI is InChI=1S/C13H9BrClFIN/c14-10-5-4-9(17)6-12(10)18-7-8-2-1-3-11(15)13(8)16/h1-6,18H,7H2. The minimum absolute atomic E-state index is 0.149. The van der Waals surface area contributed by atoms with Gasteiger partial charge in [0.2, 0.25) is 0 Å². The quantitative estimate of drug-likeness (QED) is 0.625. The molecule has 2 aromatic carbocycles. The Hall–Kier alpha value is -0.330. The van der Waals surface area contributed by atoms with Gasteiger partial charge in [0.1, 0.15) is 5.82 Å². The van der Waals surface area contributed by atoms with E-state index in [1.54, 1.807) is 18.2 Å². The van der Waals surface area contributed by atoms with Crippen LogP contribution in [0.3, 0.4) is 0 Å². The van der Waals surface area contributed by atoms with Crippen molar-refractivity contribution in [2.75, 3.05) is 5.32 Å². The number of anilines is 1. The second-order valence-electron chi connectivity index (χ2n) is 3.69. The molecule has 0 aliphatic carbocycles. The SMILES string of the molecule is Fc1c(Cl)cccc1CNc1cc(I)ccc1Br. The summed E-state index contributed by atoms with van der Waals surface area (Å²) in [7, 11) is 0. The maximum absolute atomic E-state index is 13.7. The lowest BCUT2D eigenvalue weighted by Gasteiger charge is -2.10. The number of rotatable bonds is 3. The molecule has 0 bridgehead atoms. The molecule has 0 saturated carbocycles. The van der Waals surface area contributed by atoms with E-state index in [1.807, 2.05) is 18.2 Å². The van der Waals surface area contributed by atoms with E-state index >= 15 is 0 Å². The molecule has 0 spiro atoms. The second kappa shape index (κ2) is 6.21. The van der Waals surface area contributed by atoms with E-state index in [1.165, 1.54) is 0 Å². The predicted molar refractivity (Wildman–Crippen MR) is 85.6 cm³/mol. The molecule has 0 aromatic heterocycles. The zero-order valence-electron chi connectivity index (χ0n) is 9.18. The summed E-state index contributed by atoms with van der Waals surface area (Å²) in [5, 5.41) is 3.34. The third-order valence-corrected chi connectivity index (χ3v) is 4.08. The minimum atomic E-state index is -0.367. The third kappa shape index (κ3) is 3.36. The molecule has 0 amide bonds. The first-order valence-corrected chi connectivity index (χ1v) is 7.44. The Morgan fingerprint density at radius 2 is 2.06 bits per heavy atom. The summed E-state index contributed by atoms with van der Waals surface area (Å²) in [6, 6.07) is 10.9. The lowest BCUT2D eigenvalue weighted by Crippen LogP contribution is -2.02. The Balaban J connectivity index is 2.16. The fraction of sp³-hybridized carbons (Fsp3) is 0.0769. The molecule has 0 aliphatic rings. The monoisotopic (exact) mass is 439 g/mol. The van der Waals surface area contributed by atoms with Crippen LogP contribution in [0.5, 0.6) is 0 Å². The predicted octanol–water partition coefficient (Wildman–Crippen LogP) is 5.46. The van der Waals surface area contributed by atoms with Crippen LogP contribution in [0.1, 0.15) is 5.56 Å². The summed E-state index contributed by atoms with van der Waals surface area (Å²) < 4.78 is 15.8. The second-order valence-corrected chi connectivity index (χ2v) is 6.20. The Labute approximate surface area is 132 Å². The van der Waals surface area contributed by atoms with E-state index in [0.717, 1.165) is 13.7 Å². The lowest BCUT2D eigenvalue weighted by molar-refractivity contribution is 0.613. The van der Waals surface area contributed by atoms with Crippen LogP contribution in [-0.4, -0.2) is 0 Å². The third-order valence-electron chi connectivity index (χ3n) is 2.43. The summed E-state index contributed by atoms with van der Waals surface area (Å²) in [6.45, 7) is 0.394. The van der Waals surface area contributed by atoms with Crippen molar-refractivity contribution in [3.05, 3.63) is 60.8 Å². The van der Waals surface area contributed by atoms with Crippen molar-refractivity contribution < 1.29 is 4.39 Å². The van der Waals surface area contributed by atoms with Gasteiger partial charge in [0.25, 0.3) is 0 Å². The first kappa shape index (κ1) is 14.1. The smallest absolute Gasteiger partial charge is 0.146 e. The van der Waals surface area contributed by atoms with Gasteiger partial charge in [-0.2, -0.15) is 0 Å². The molecule has 5 heteroatoms. The highest BCUT2D eigenvalue weighted by Gasteiger charge is 2.07. The van der Waals surface area contributed by atoms with Crippen molar-refractivity contribution in [2.24, 2.45) is 0 Å². The van der Waals surface area contributed by atoms with Gasteiger partial charge in [-0.3, -0.25) is 0 Å². The average Bonchev–Trinajstić information content (AvgIpc) is 2.35. The van der Waals surface area contributed by atoms with Crippen LogP contribution < -0.4 is 5.32 Å². The van der Waals surface area contributed by atoms with Crippen LogP contribution >= 0.6 is 50.1 Å². The van der Waals surface area contributed by atoms with E-state index in [9.17, 15) is 4.39 Å². The number of benzene rings is 2. The normalized spacial score (nSPS) is 10.4. The Morgan fingerprint density at radius 3 is 2.83 bits per heavy atom. The van der Waals surface area contributed by atoms with Crippen LogP contribution in [0, 0.1) is 9.39 Å². The van der Waals surface area contributed by atoms with Crippen LogP contribution in [0.4, 0.5) is 10.1 Å². The highest BCUT2D eigenvalue weighted by molar-refractivity contribution is 14.1.